The zero-order valence-electron chi connectivity index (χ0n) is 18.1. The van der Waals surface area contributed by atoms with Gasteiger partial charge in [-0.1, -0.05) is 28.9 Å². The van der Waals surface area contributed by atoms with Gasteiger partial charge in [0.15, 0.2) is 5.82 Å². The molecule has 5 aromatic rings. The van der Waals surface area contributed by atoms with E-state index in [4.69, 9.17) is 11.6 Å². The Labute approximate surface area is 206 Å². The van der Waals surface area contributed by atoms with Crippen molar-refractivity contribution >= 4 is 39.6 Å². The third kappa shape index (κ3) is 4.49. The van der Waals surface area contributed by atoms with Crippen LogP contribution in [0.2, 0.25) is 5.02 Å². The van der Waals surface area contributed by atoms with E-state index in [1.165, 1.54) is 18.3 Å². The number of nitrogens with zero attached hydrogens (tertiary/aromatic N) is 5. The topological polar surface area (TPSA) is 115 Å². The molecular weight excluding hydrogens is 493 g/mol. The minimum atomic E-state index is -1.24. The van der Waals surface area contributed by atoms with Gasteiger partial charge in [0.2, 0.25) is 5.95 Å². The number of aromatic amines is 1. The maximum Gasteiger partial charge on any atom is 0.249 e. The number of H-pyrrole nitrogens is 1. The number of nitriles is 1. The number of nitrogens with one attached hydrogen (secondary N) is 3. The molecule has 2 aromatic carbocycles. The van der Waals surface area contributed by atoms with Crippen molar-refractivity contribution in [3.05, 3.63) is 100 Å². The average Bonchev–Trinajstić information content (AvgIpc) is 3.40. The summed E-state index contributed by atoms with van der Waals surface area (Å²) in [4.78, 5) is 7.80. The molecule has 0 saturated heterocycles. The Morgan fingerprint density at radius 2 is 1.83 bits per heavy atom. The van der Waals surface area contributed by atoms with E-state index >= 15 is 0 Å². The van der Waals surface area contributed by atoms with E-state index in [1.54, 1.807) is 30.5 Å². The molecule has 0 spiro atoms. The molecule has 12 heteroatoms. The van der Waals surface area contributed by atoms with Crippen LogP contribution in [0.25, 0.3) is 10.9 Å². The quantitative estimate of drug-likeness (QED) is 0.255. The number of benzene rings is 2. The van der Waals surface area contributed by atoms with E-state index in [2.05, 4.69) is 36.0 Å². The lowest BCUT2D eigenvalue weighted by molar-refractivity contribution is 0.480. The molecule has 0 bridgehead atoms. The molecule has 0 fully saturated rings. The van der Waals surface area contributed by atoms with Gasteiger partial charge in [-0.3, -0.25) is 10.1 Å². The standard InChI is InChI=1S/C24H14ClF3N8/c25-14-5-17-21(33-16-7-18(27)24(28)31-10-16)13(8-29)9-30-23(17)19(6-14)34-22(20-11-32-36-35-20)12-1-3-15(26)4-2-12/h1-7,9-11,22,34H,(H,30,33)(H,32,35,36)/t22-/m0/s1. The third-order valence-corrected chi connectivity index (χ3v) is 5.57. The van der Waals surface area contributed by atoms with E-state index in [0.29, 0.717) is 32.9 Å². The van der Waals surface area contributed by atoms with Gasteiger partial charge in [0.25, 0.3) is 0 Å². The lowest BCUT2D eigenvalue weighted by Gasteiger charge is -2.20. The third-order valence-electron chi connectivity index (χ3n) is 5.36. The monoisotopic (exact) mass is 506 g/mol. The summed E-state index contributed by atoms with van der Waals surface area (Å²) in [5, 5.41) is 27.2. The minimum absolute atomic E-state index is 0.124. The number of fused-ring (bicyclic) bond motifs is 1. The summed E-state index contributed by atoms with van der Waals surface area (Å²) in [7, 11) is 0. The largest absolute Gasteiger partial charge is 0.371 e. The van der Waals surface area contributed by atoms with Gasteiger partial charge in [0.05, 0.1) is 40.4 Å². The van der Waals surface area contributed by atoms with Crippen molar-refractivity contribution in [1.29, 1.82) is 5.26 Å². The molecule has 3 aromatic heterocycles. The first-order chi connectivity index (χ1) is 17.4. The molecule has 3 N–H and O–H groups in total. The molecule has 0 amide bonds. The second-order valence-electron chi connectivity index (χ2n) is 7.66. The lowest BCUT2D eigenvalue weighted by Crippen LogP contribution is -2.14. The summed E-state index contributed by atoms with van der Waals surface area (Å²) >= 11 is 6.43. The highest BCUT2D eigenvalue weighted by Gasteiger charge is 2.21. The Kier molecular flexibility index (Phi) is 6.10. The van der Waals surface area contributed by atoms with Gasteiger partial charge in [-0.15, -0.1) is 5.10 Å². The van der Waals surface area contributed by atoms with Crippen molar-refractivity contribution in [3.8, 4) is 6.07 Å². The van der Waals surface area contributed by atoms with Crippen molar-refractivity contribution in [2.75, 3.05) is 10.6 Å². The van der Waals surface area contributed by atoms with Crippen LogP contribution in [0, 0.1) is 28.9 Å². The van der Waals surface area contributed by atoms with Gasteiger partial charge >= 0.3 is 0 Å². The molecule has 3 heterocycles. The van der Waals surface area contributed by atoms with Crippen LogP contribution in [-0.2, 0) is 0 Å². The van der Waals surface area contributed by atoms with Crippen molar-refractivity contribution < 1.29 is 13.2 Å². The summed E-state index contributed by atoms with van der Waals surface area (Å²) in [6.45, 7) is 0. The molecule has 0 saturated carbocycles. The van der Waals surface area contributed by atoms with Crippen LogP contribution in [0.5, 0.6) is 0 Å². The Hall–Kier alpha value is -4.69. The van der Waals surface area contributed by atoms with Gasteiger partial charge in [0.1, 0.15) is 17.6 Å². The number of pyridine rings is 2. The highest BCUT2D eigenvalue weighted by Crippen LogP contribution is 2.37. The lowest BCUT2D eigenvalue weighted by atomic mass is 10.0. The second-order valence-corrected chi connectivity index (χ2v) is 8.09. The average molecular weight is 507 g/mol. The molecule has 1 atom stereocenters. The highest BCUT2D eigenvalue weighted by molar-refractivity contribution is 6.32. The molecule has 178 valence electrons. The van der Waals surface area contributed by atoms with E-state index in [0.717, 1.165) is 12.3 Å². The maximum atomic E-state index is 13.7. The number of anilines is 3. The zero-order chi connectivity index (χ0) is 25.2. The first-order valence-electron chi connectivity index (χ1n) is 10.4. The van der Waals surface area contributed by atoms with Gasteiger partial charge in [-0.25, -0.2) is 13.8 Å². The van der Waals surface area contributed by atoms with Gasteiger partial charge in [-0.2, -0.15) is 9.65 Å². The number of hydrogen-bond acceptors (Lipinski definition) is 7. The first-order valence-corrected chi connectivity index (χ1v) is 10.8. The van der Waals surface area contributed by atoms with Crippen LogP contribution in [0.15, 0.2) is 61.1 Å². The Morgan fingerprint density at radius 3 is 2.53 bits per heavy atom. The van der Waals surface area contributed by atoms with Crippen molar-refractivity contribution in [1.82, 2.24) is 25.4 Å². The molecule has 0 radical (unpaired) electrons. The molecule has 0 unspecified atom stereocenters. The van der Waals surface area contributed by atoms with E-state index in [-0.39, 0.29) is 22.8 Å². The Bertz CT molecular complexity index is 1600. The fourth-order valence-corrected chi connectivity index (χ4v) is 3.94. The van der Waals surface area contributed by atoms with Crippen LogP contribution in [0.1, 0.15) is 22.9 Å². The molecule has 8 nitrogen and oxygen atoms in total. The number of rotatable bonds is 6. The predicted octanol–water partition coefficient (Wildman–Crippen LogP) is 5.64. The fourth-order valence-electron chi connectivity index (χ4n) is 3.72. The van der Waals surface area contributed by atoms with Crippen LogP contribution >= 0.6 is 11.6 Å². The van der Waals surface area contributed by atoms with E-state index in [1.807, 2.05) is 6.07 Å². The summed E-state index contributed by atoms with van der Waals surface area (Å²) in [5.74, 6) is -2.78. The fraction of sp³-hybridized carbons (Fsp3) is 0.0417. The predicted molar refractivity (Wildman–Crippen MR) is 127 cm³/mol. The van der Waals surface area contributed by atoms with Crippen LogP contribution in [-0.4, -0.2) is 25.4 Å². The number of aromatic nitrogens is 5. The number of halogens is 4. The zero-order valence-corrected chi connectivity index (χ0v) is 18.9. The molecule has 0 aliphatic carbocycles. The maximum absolute atomic E-state index is 13.7. The molecule has 0 aliphatic heterocycles. The van der Waals surface area contributed by atoms with Crippen molar-refractivity contribution in [2.24, 2.45) is 0 Å². The summed E-state index contributed by atoms with van der Waals surface area (Å²) in [6, 6.07) is 11.5. The summed E-state index contributed by atoms with van der Waals surface area (Å²) in [6.07, 6.45) is 4.04. The smallest absolute Gasteiger partial charge is 0.249 e. The van der Waals surface area contributed by atoms with Crippen LogP contribution < -0.4 is 10.6 Å². The second kappa shape index (κ2) is 9.52. The first kappa shape index (κ1) is 23.1. The molecular formula is C24H14ClF3N8. The Balaban J connectivity index is 1.63. The summed E-state index contributed by atoms with van der Waals surface area (Å²) in [5.41, 5.74) is 2.66. The van der Waals surface area contributed by atoms with E-state index in [9.17, 15) is 18.4 Å². The van der Waals surface area contributed by atoms with Crippen molar-refractivity contribution in [3.63, 3.8) is 0 Å². The van der Waals surface area contributed by atoms with Crippen LogP contribution in [0.4, 0.5) is 30.2 Å². The van der Waals surface area contributed by atoms with Crippen LogP contribution in [0.3, 0.4) is 0 Å². The summed E-state index contributed by atoms with van der Waals surface area (Å²) < 4.78 is 40.6. The minimum Gasteiger partial charge on any atom is -0.371 e. The van der Waals surface area contributed by atoms with Gasteiger partial charge in [0, 0.05) is 28.9 Å². The number of hydrogen-bond donors (Lipinski definition) is 3. The Morgan fingerprint density at radius 1 is 1.03 bits per heavy atom. The normalized spacial score (nSPS) is 11.8. The van der Waals surface area contributed by atoms with Crippen molar-refractivity contribution in [2.45, 2.75) is 6.04 Å². The SMILES string of the molecule is N#Cc1cnc2c(N[C@@H](c3ccc(F)cc3)c3c[nH]nn3)cc(Cl)cc2c1Nc1cnc(F)c(F)c1. The molecule has 0 aliphatic rings. The van der Waals surface area contributed by atoms with Gasteiger partial charge < -0.3 is 10.6 Å². The molecule has 5 rings (SSSR count). The van der Waals surface area contributed by atoms with E-state index < -0.39 is 17.8 Å². The van der Waals surface area contributed by atoms with Gasteiger partial charge in [-0.05, 0) is 29.8 Å². The highest BCUT2D eigenvalue weighted by atomic mass is 35.5. The molecule has 36 heavy (non-hydrogen) atoms.